The maximum atomic E-state index is 10.2. The number of aliphatic imine (C=N–C) groups is 1. The number of rotatable bonds is 14. The van der Waals surface area contributed by atoms with Crippen LogP contribution >= 0.6 is 11.3 Å². The molecule has 328 valence electrons. The highest BCUT2D eigenvalue weighted by Gasteiger charge is 2.34. The van der Waals surface area contributed by atoms with Gasteiger partial charge in [-0.3, -0.25) is 14.5 Å². The summed E-state index contributed by atoms with van der Waals surface area (Å²) in [4.78, 5) is 13.6. The topological polar surface area (TPSA) is 114 Å². The number of aromatic hydroxyl groups is 1. The fourth-order valence-electron chi connectivity index (χ4n) is 10.3. The molecule has 5 heterocycles. The SMILES string of the molecule is Cc1sc2c(c1C)C(c1ccc(NCCCC3CCN(CCOc4ccc([C@@H]5c6ccc(O)cc6CC[C@@H]5c5ccccc5)cc4)CC3)cc1)=NC(Cc1ncco1)c1nnc(C)n1-2. The zero-order valence-corrected chi connectivity index (χ0v) is 37.9. The molecule has 0 amide bonds. The summed E-state index contributed by atoms with van der Waals surface area (Å²) in [6.07, 6.45) is 10.7. The second kappa shape index (κ2) is 18.6. The number of phenolic OH excluding ortho intramolecular Hbond substituents is 1. The third-order valence-corrected chi connectivity index (χ3v) is 15.0. The van der Waals surface area contributed by atoms with Crippen LogP contribution in [0.1, 0.15) is 111 Å². The molecule has 3 aliphatic rings. The van der Waals surface area contributed by atoms with Gasteiger partial charge in [0.15, 0.2) is 11.7 Å². The number of nitrogens with zero attached hydrogens (tertiary/aromatic N) is 6. The van der Waals surface area contributed by atoms with E-state index < -0.39 is 0 Å². The quantitative estimate of drug-likeness (QED) is 0.104. The Bertz CT molecular complexity index is 2700. The van der Waals surface area contributed by atoms with Gasteiger partial charge < -0.3 is 19.6 Å². The van der Waals surface area contributed by atoms with E-state index in [1.807, 2.05) is 19.1 Å². The molecule has 0 spiro atoms. The second-order valence-corrected chi connectivity index (χ2v) is 19.0. The van der Waals surface area contributed by atoms with E-state index in [2.05, 4.69) is 129 Å². The highest BCUT2D eigenvalue weighted by atomic mass is 32.1. The summed E-state index contributed by atoms with van der Waals surface area (Å²) in [6.45, 7) is 11.2. The number of phenols is 1. The molecule has 0 saturated carbocycles. The van der Waals surface area contributed by atoms with Gasteiger partial charge in [0, 0.05) is 40.7 Å². The molecule has 10 rings (SSSR count). The highest BCUT2D eigenvalue weighted by Crippen LogP contribution is 2.47. The number of aromatic nitrogens is 4. The minimum atomic E-state index is -0.283. The summed E-state index contributed by atoms with van der Waals surface area (Å²) in [7, 11) is 0. The van der Waals surface area contributed by atoms with Crippen molar-refractivity contribution in [1.82, 2.24) is 24.6 Å². The number of thiophene rings is 1. The first-order valence-corrected chi connectivity index (χ1v) is 23.8. The van der Waals surface area contributed by atoms with Crippen molar-refractivity contribution in [2.24, 2.45) is 10.9 Å². The van der Waals surface area contributed by atoms with Gasteiger partial charge in [0.1, 0.15) is 41.2 Å². The van der Waals surface area contributed by atoms with Crippen molar-refractivity contribution in [3.05, 3.63) is 171 Å². The zero-order valence-electron chi connectivity index (χ0n) is 37.0. The summed E-state index contributed by atoms with van der Waals surface area (Å²) >= 11 is 1.77. The molecule has 3 atom stereocenters. The Balaban J connectivity index is 0.692. The maximum absolute atomic E-state index is 10.2. The van der Waals surface area contributed by atoms with Gasteiger partial charge in [-0.15, -0.1) is 21.5 Å². The van der Waals surface area contributed by atoms with Gasteiger partial charge in [0.05, 0.1) is 18.3 Å². The molecule has 0 bridgehead atoms. The van der Waals surface area contributed by atoms with E-state index in [1.165, 1.54) is 52.0 Å². The molecule has 1 unspecified atom stereocenters. The number of piperidine rings is 1. The molecule has 1 fully saturated rings. The van der Waals surface area contributed by atoms with Gasteiger partial charge in [-0.05, 0) is 148 Å². The van der Waals surface area contributed by atoms with Crippen LogP contribution in [-0.4, -0.2) is 68.3 Å². The molecular weight excluding hydrogens is 815 g/mol. The molecule has 4 aromatic carbocycles. The molecule has 10 nitrogen and oxygen atoms in total. The van der Waals surface area contributed by atoms with Gasteiger partial charge in [-0.1, -0.05) is 60.7 Å². The number of hydrogen-bond acceptors (Lipinski definition) is 10. The van der Waals surface area contributed by atoms with E-state index in [-0.39, 0.29) is 12.0 Å². The van der Waals surface area contributed by atoms with E-state index >= 15 is 0 Å². The van der Waals surface area contributed by atoms with Crippen LogP contribution in [0.3, 0.4) is 0 Å². The minimum Gasteiger partial charge on any atom is -0.508 e. The van der Waals surface area contributed by atoms with E-state index in [0.29, 0.717) is 30.6 Å². The van der Waals surface area contributed by atoms with Crippen molar-refractivity contribution in [2.75, 3.05) is 38.1 Å². The molecule has 11 heteroatoms. The van der Waals surface area contributed by atoms with Crippen LogP contribution in [0.5, 0.6) is 11.5 Å². The van der Waals surface area contributed by atoms with Gasteiger partial charge in [0.2, 0.25) is 0 Å². The minimum absolute atomic E-state index is 0.239. The van der Waals surface area contributed by atoms with Crippen molar-refractivity contribution in [2.45, 2.75) is 83.6 Å². The van der Waals surface area contributed by atoms with Crippen LogP contribution in [-0.2, 0) is 12.8 Å². The summed E-state index contributed by atoms with van der Waals surface area (Å²) in [6, 6.07) is 34.0. The van der Waals surface area contributed by atoms with Crippen LogP contribution in [0.25, 0.3) is 5.00 Å². The van der Waals surface area contributed by atoms with E-state index in [1.54, 1.807) is 23.8 Å². The normalized spacial score (nSPS) is 18.7. The predicted octanol–water partition coefficient (Wildman–Crippen LogP) is 10.9. The van der Waals surface area contributed by atoms with E-state index in [4.69, 9.17) is 14.1 Å². The Morgan fingerprint density at radius 2 is 1.70 bits per heavy atom. The standard InChI is InChI=1S/C53H57N7O3S/c1-34-35(2)64-53-49(34)51(56-47(33-48-55-26-30-63-48)52-58-57-36(3)60(52)53)40-11-16-42(17-12-40)54-25-7-8-37-23-27-59(28-24-37)29-31-62-44-19-13-39(14-20-44)50-45(38-9-5-4-6-10-38)21-15-41-32-43(61)18-22-46(41)50/h4-6,9-14,16-20,22,26,30,32,37,45,47,50,54,61H,7-8,15,21,23-25,27-29,31,33H2,1-3H3/t45-,47?,50+/m1/s1. The number of ether oxygens (including phenoxy) is 1. The van der Waals surface area contributed by atoms with Crippen molar-refractivity contribution < 1.29 is 14.3 Å². The lowest BCUT2D eigenvalue weighted by molar-refractivity contribution is 0.151. The molecule has 3 aromatic heterocycles. The Morgan fingerprint density at radius 1 is 0.891 bits per heavy atom. The lowest BCUT2D eigenvalue weighted by atomic mass is 9.69. The van der Waals surface area contributed by atoms with Gasteiger partial charge in [-0.25, -0.2) is 4.98 Å². The average Bonchev–Trinajstić information content (AvgIpc) is 4.04. The van der Waals surface area contributed by atoms with Crippen LogP contribution in [0.2, 0.25) is 0 Å². The van der Waals surface area contributed by atoms with Crippen LogP contribution in [0, 0.1) is 26.7 Å². The number of likely N-dealkylation sites (tertiary alicyclic amines) is 1. The number of anilines is 1. The average molecular weight is 872 g/mol. The molecule has 2 N–H and O–H groups in total. The van der Waals surface area contributed by atoms with Gasteiger partial charge in [0.25, 0.3) is 0 Å². The maximum Gasteiger partial charge on any atom is 0.196 e. The molecule has 64 heavy (non-hydrogen) atoms. The lowest BCUT2D eigenvalue weighted by Gasteiger charge is -2.35. The van der Waals surface area contributed by atoms with Crippen molar-refractivity contribution in [3.63, 3.8) is 0 Å². The van der Waals surface area contributed by atoms with E-state index in [9.17, 15) is 5.11 Å². The number of benzene rings is 4. The summed E-state index contributed by atoms with van der Waals surface area (Å²) in [5, 5.41) is 24.1. The summed E-state index contributed by atoms with van der Waals surface area (Å²) in [5.74, 6) is 4.96. The largest absolute Gasteiger partial charge is 0.508 e. The second-order valence-electron chi connectivity index (χ2n) is 17.8. The Labute approximate surface area is 380 Å². The van der Waals surface area contributed by atoms with Gasteiger partial charge >= 0.3 is 0 Å². The Hall–Kier alpha value is -6.04. The van der Waals surface area contributed by atoms with Crippen LogP contribution in [0.15, 0.2) is 119 Å². The Morgan fingerprint density at radius 3 is 2.48 bits per heavy atom. The zero-order chi connectivity index (χ0) is 43.6. The predicted molar refractivity (Wildman–Crippen MR) is 255 cm³/mol. The van der Waals surface area contributed by atoms with E-state index in [0.717, 1.165) is 96.3 Å². The molecule has 0 radical (unpaired) electrons. The number of fused-ring (bicyclic) bond motifs is 4. The van der Waals surface area contributed by atoms with Crippen molar-refractivity contribution in [1.29, 1.82) is 0 Å². The third kappa shape index (κ3) is 8.75. The van der Waals surface area contributed by atoms with Crippen LogP contribution < -0.4 is 10.1 Å². The smallest absolute Gasteiger partial charge is 0.196 e. The molecule has 1 saturated heterocycles. The molecular formula is C53H57N7O3S. The molecule has 7 aromatic rings. The summed E-state index contributed by atoms with van der Waals surface area (Å²) in [5.41, 5.74) is 10.8. The lowest BCUT2D eigenvalue weighted by Crippen LogP contribution is -2.36. The molecule has 1 aliphatic carbocycles. The van der Waals surface area contributed by atoms with Crippen LogP contribution in [0.4, 0.5) is 5.69 Å². The number of hydrogen-bond donors (Lipinski definition) is 2. The first-order chi connectivity index (χ1) is 31.4. The van der Waals surface area contributed by atoms with Gasteiger partial charge in [-0.2, -0.15) is 0 Å². The molecule has 2 aliphatic heterocycles. The first kappa shape index (κ1) is 41.9. The fourth-order valence-corrected chi connectivity index (χ4v) is 11.5. The number of oxazole rings is 1. The Kier molecular flexibility index (Phi) is 12.2. The first-order valence-electron chi connectivity index (χ1n) is 23.0. The third-order valence-electron chi connectivity index (χ3n) is 13.8. The fraction of sp³-hybridized carbons (Fsp3) is 0.358. The number of nitrogens with one attached hydrogen (secondary N) is 1. The van der Waals surface area contributed by atoms with Crippen molar-refractivity contribution in [3.8, 4) is 16.5 Å². The monoisotopic (exact) mass is 871 g/mol. The highest BCUT2D eigenvalue weighted by molar-refractivity contribution is 7.15. The number of aryl methyl sites for hydroxylation is 3. The van der Waals surface area contributed by atoms with Crippen molar-refractivity contribution >= 4 is 22.7 Å². The summed E-state index contributed by atoms with van der Waals surface area (Å²) < 4.78 is 14.1.